The molecule has 1 fully saturated rings. The molecule has 0 spiro atoms. The Kier molecular flexibility index (Phi) is 3.17. The van der Waals surface area contributed by atoms with E-state index >= 15 is 0 Å². The number of rotatable bonds is 2. The molecular weight excluding hydrogens is 202 g/mol. The van der Waals surface area contributed by atoms with Crippen LogP contribution in [0.25, 0.3) is 0 Å². The third kappa shape index (κ3) is 2.05. The molecule has 1 aromatic heterocycles. The van der Waals surface area contributed by atoms with Gasteiger partial charge in [-0.25, -0.2) is 9.97 Å². The summed E-state index contributed by atoms with van der Waals surface area (Å²) in [5, 5.41) is 0. The Morgan fingerprint density at radius 1 is 1.31 bits per heavy atom. The van der Waals surface area contributed by atoms with Crippen molar-refractivity contribution in [3.63, 3.8) is 0 Å². The molecular formula is C12H17N3O. The summed E-state index contributed by atoms with van der Waals surface area (Å²) in [4.78, 5) is 22.0. The Labute approximate surface area is 95.7 Å². The van der Waals surface area contributed by atoms with Crippen molar-refractivity contribution in [2.75, 3.05) is 18.0 Å². The highest BCUT2D eigenvalue weighted by atomic mass is 16.1. The SMILES string of the molecule is CCc1c(C)ncnc1N1CCC(=O)CC1. The predicted octanol–water partition coefficient (Wildman–Crippen LogP) is 1.52. The summed E-state index contributed by atoms with van der Waals surface area (Å²) >= 11 is 0. The lowest BCUT2D eigenvalue weighted by Crippen LogP contribution is -2.35. The van der Waals surface area contributed by atoms with Gasteiger partial charge in [-0.15, -0.1) is 0 Å². The van der Waals surface area contributed by atoms with Crippen molar-refractivity contribution in [2.24, 2.45) is 0 Å². The number of hydrogen-bond acceptors (Lipinski definition) is 4. The lowest BCUT2D eigenvalue weighted by molar-refractivity contribution is -0.119. The summed E-state index contributed by atoms with van der Waals surface area (Å²) in [5.41, 5.74) is 2.25. The molecule has 0 unspecified atom stereocenters. The van der Waals surface area contributed by atoms with Crippen molar-refractivity contribution in [3.05, 3.63) is 17.6 Å². The second-order valence-corrected chi connectivity index (χ2v) is 4.14. The molecule has 86 valence electrons. The lowest BCUT2D eigenvalue weighted by atomic mass is 10.1. The van der Waals surface area contributed by atoms with Gasteiger partial charge in [0.15, 0.2) is 0 Å². The zero-order valence-corrected chi connectivity index (χ0v) is 9.86. The molecule has 0 amide bonds. The van der Waals surface area contributed by atoms with E-state index in [1.54, 1.807) is 6.33 Å². The molecule has 2 heterocycles. The molecule has 0 radical (unpaired) electrons. The van der Waals surface area contributed by atoms with E-state index in [2.05, 4.69) is 21.8 Å². The van der Waals surface area contributed by atoms with Gasteiger partial charge < -0.3 is 4.90 Å². The van der Waals surface area contributed by atoms with Crippen molar-refractivity contribution >= 4 is 11.6 Å². The first kappa shape index (κ1) is 11.0. The van der Waals surface area contributed by atoms with E-state index in [0.717, 1.165) is 31.0 Å². The lowest BCUT2D eigenvalue weighted by Gasteiger charge is -2.28. The van der Waals surface area contributed by atoms with Gasteiger partial charge in [-0.05, 0) is 13.3 Å². The van der Waals surface area contributed by atoms with Crippen molar-refractivity contribution in [1.82, 2.24) is 9.97 Å². The summed E-state index contributed by atoms with van der Waals surface area (Å²) in [6.45, 7) is 5.72. The maximum atomic E-state index is 11.2. The summed E-state index contributed by atoms with van der Waals surface area (Å²) in [5.74, 6) is 1.38. The van der Waals surface area contributed by atoms with Crippen molar-refractivity contribution < 1.29 is 4.79 Å². The van der Waals surface area contributed by atoms with Crippen LogP contribution in [0.15, 0.2) is 6.33 Å². The summed E-state index contributed by atoms with van der Waals surface area (Å²) in [6.07, 6.45) is 3.84. The zero-order valence-electron chi connectivity index (χ0n) is 9.86. The summed E-state index contributed by atoms with van der Waals surface area (Å²) in [7, 11) is 0. The average Bonchev–Trinajstić information content (AvgIpc) is 2.30. The maximum Gasteiger partial charge on any atom is 0.136 e. The van der Waals surface area contributed by atoms with E-state index in [-0.39, 0.29) is 0 Å². The standard InChI is InChI=1S/C12H17N3O/c1-3-11-9(2)13-8-14-12(11)15-6-4-10(16)5-7-15/h8H,3-7H2,1-2H3. The minimum absolute atomic E-state index is 0.361. The van der Waals surface area contributed by atoms with E-state index in [0.29, 0.717) is 18.6 Å². The topological polar surface area (TPSA) is 46.1 Å². The highest BCUT2D eigenvalue weighted by molar-refractivity contribution is 5.81. The fraction of sp³-hybridized carbons (Fsp3) is 0.583. The number of carbonyl (C=O) groups is 1. The molecule has 0 N–H and O–H groups in total. The van der Waals surface area contributed by atoms with E-state index in [1.807, 2.05) is 6.92 Å². The van der Waals surface area contributed by atoms with Crippen molar-refractivity contribution in [2.45, 2.75) is 33.1 Å². The number of nitrogens with zero attached hydrogens (tertiary/aromatic N) is 3. The van der Waals surface area contributed by atoms with E-state index in [9.17, 15) is 4.79 Å². The predicted molar refractivity (Wildman–Crippen MR) is 62.6 cm³/mol. The number of piperidine rings is 1. The fourth-order valence-electron chi connectivity index (χ4n) is 2.14. The molecule has 16 heavy (non-hydrogen) atoms. The van der Waals surface area contributed by atoms with Crippen LogP contribution in [0, 0.1) is 6.92 Å². The van der Waals surface area contributed by atoms with Gasteiger partial charge in [0.25, 0.3) is 0 Å². The maximum absolute atomic E-state index is 11.2. The first-order chi connectivity index (χ1) is 7.72. The molecule has 4 heteroatoms. The van der Waals surface area contributed by atoms with Crippen molar-refractivity contribution in [1.29, 1.82) is 0 Å². The first-order valence-corrected chi connectivity index (χ1v) is 5.79. The minimum Gasteiger partial charge on any atom is -0.355 e. The number of carbonyl (C=O) groups excluding carboxylic acids is 1. The van der Waals surface area contributed by atoms with Crippen LogP contribution in [0.2, 0.25) is 0 Å². The van der Waals surface area contributed by atoms with Gasteiger partial charge in [0.05, 0.1) is 0 Å². The first-order valence-electron chi connectivity index (χ1n) is 5.79. The number of aryl methyl sites for hydroxylation is 1. The molecule has 0 aromatic carbocycles. The largest absolute Gasteiger partial charge is 0.355 e. The number of anilines is 1. The Morgan fingerprint density at radius 3 is 2.62 bits per heavy atom. The van der Waals surface area contributed by atoms with Crippen LogP contribution in [0.3, 0.4) is 0 Å². The van der Waals surface area contributed by atoms with Crippen LogP contribution >= 0.6 is 0 Å². The van der Waals surface area contributed by atoms with E-state index in [1.165, 1.54) is 5.56 Å². The van der Waals surface area contributed by atoms with Gasteiger partial charge in [-0.1, -0.05) is 6.92 Å². The summed E-state index contributed by atoms with van der Waals surface area (Å²) < 4.78 is 0. The number of ketones is 1. The summed E-state index contributed by atoms with van der Waals surface area (Å²) in [6, 6.07) is 0. The molecule has 1 aliphatic rings. The van der Waals surface area contributed by atoms with E-state index < -0.39 is 0 Å². The second-order valence-electron chi connectivity index (χ2n) is 4.14. The Morgan fingerprint density at radius 2 is 2.00 bits per heavy atom. The van der Waals surface area contributed by atoms with Crippen LogP contribution in [0.5, 0.6) is 0 Å². The van der Waals surface area contributed by atoms with Crippen LogP contribution < -0.4 is 4.90 Å². The Balaban J connectivity index is 2.26. The molecule has 0 saturated carbocycles. The van der Waals surface area contributed by atoms with E-state index in [4.69, 9.17) is 0 Å². The molecule has 0 atom stereocenters. The van der Waals surface area contributed by atoms with Gasteiger partial charge in [0, 0.05) is 37.2 Å². The smallest absolute Gasteiger partial charge is 0.136 e. The molecule has 1 saturated heterocycles. The number of Topliss-reactive ketones (excluding diaryl/α,β-unsaturated/α-hetero) is 1. The quantitative estimate of drug-likeness (QED) is 0.756. The van der Waals surface area contributed by atoms with Crippen LogP contribution in [-0.2, 0) is 11.2 Å². The fourth-order valence-corrected chi connectivity index (χ4v) is 2.14. The Bertz CT molecular complexity index is 393. The van der Waals surface area contributed by atoms with Crippen LogP contribution in [0.4, 0.5) is 5.82 Å². The van der Waals surface area contributed by atoms with Crippen LogP contribution in [-0.4, -0.2) is 28.8 Å². The Hall–Kier alpha value is -1.45. The molecule has 2 rings (SSSR count). The highest BCUT2D eigenvalue weighted by Gasteiger charge is 2.20. The number of hydrogen-bond donors (Lipinski definition) is 0. The third-order valence-corrected chi connectivity index (χ3v) is 3.11. The zero-order chi connectivity index (χ0) is 11.5. The molecule has 1 aromatic rings. The minimum atomic E-state index is 0.361. The third-order valence-electron chi connectivity index (χ3n) is 3.11. The number of aromatic nitrogens is 2. The second kappa shape index (κ2) is 4.60. The molecule has 1 aliphatic heterocycles. The molecule has 4 nitrogen and oxygen atoms in total. The van der Waals surface area contributed by atoms with Gasteiger partial charge in [-0.2, -0.15) is 0 Å². The monoisotopic (exact) mass is 219 g/mol. The normalized spacial score (nSPS) is 16.6. The van der Waals surface area contributed by atoms with Gasteiger partial charge in [0.2, 0.25) is 0 Å². The molecule has 0 bridgehead atoms. The van der Waals surface area contributed by atoms with Gasteiger partial charge in [0.1, 0.15) is 17.9 Å². The highest BCUT2D eigenvalue weighted by Crippen LogP contribution is 2.22. The average molecular weight is 219 g/mol. The molecule has 0 aliphatic carbocycles. The van der Waals surface area contributed by atoms with Gasteiger partial charge >= 0.3 is 0 Å². The van der Waals surface area contributed by atoms with Crippen LogP contribution in [0.1, 0.15) is 31.0 Å². The van der Waals surface area contributed by atoms with Crippen molar-refractivity contribution in [3.8, 4) is 0 Å². The van der Waals surface area contributed by atoms with Gasteiger partial charge in [-0.3, -0.25) is 4.79 Å².